The maximum absolute atomic E-state index is 13.6. The number of rotatable bonds is 5. The minimum absolute atomic E-state index is 0.00146. The Balaban J connectivity index is 1.24. The average molecular weight is 493 g/mol. The predicted octanol–water partition coefficient (Wildman–Crippen LogP) is 4.97. The maximum Gasteiger partial charge on any atom is 0.296 e. The zero-order valence-electron chi connectivity index (χ0n) is 19.9. The van der Waals surface area contributed by atoms with Crippen LogP contribution < -0.4 is 16.0 Å². The van der Waals surface area contributed by atoms with Gasteiger partial charge in [0.15, 0.2) is 5.58 Å². The highest BCUT2D eigenvalue weighted by atomic mass is 19.1. The molecule has 1 spiro atoms. The lowest BCUT2D eigenvalue weighted by Crippen LogP contribution is -2.41. The molecular weight excluding hydrogens is 463 g/mol. The van der Waals surface area contributed by atoms with Crippen LogP contribution in [0.1, 0.15) is 50.5 Å². The van der Waals surface area contributed by atoms with Gasteiger partial charge in [0.1, 0.15) is 17.4 Å². The number of oxazole rings is 1. The Bertz CT molecular complexity index is 1310. The molecule has 9 heteroatoms. The van der Waals surface area contributed by atoms with Crippen molar-refractivity contribution in [3.8, 4) is 0 Å². The van der Waals surface area contributed by atoms with Crippen LogP contribution in [0.25, 0.3) is 11.1 Å². The summed E-state index contributed by atoms with van der Waals surface area (Å²) in [6, 6.07) is 9.42. The van der Waals surface area contributed by atoms with E-state index in [2.05, 4.69) is 20.9 Å². The molecule has 2 aliphatic heterocycles. The van der Waals surface area contributed by atoms with Gasteiger partial charge in [-0.25, -0.2) is 4.39 Å². The van der Waals surface area contributed by atoms with E-state index in [0.29, 0.717) is 42.8 Å². The SMILES string of the molecule is O=C(Nc1ccc2c(c1)NC(=O)C21CCOCC1)C(Nc1nc2cc(F)ccc2o1)C1CCCCC1. The molecule has 1 unspecified atom stereocenters. The first-order valence-corrected chi connectivity index (χ1v) is 12.7. The lowest BCUT2D eigenvalue weighted by Gasteiger charge is -2.31. The van der Waals surface area contributed by atoms with Gasteiger partial charge < -0.3 is 25.1 Å². The largest absolute Gasteiger partial charge is 0.424 e. The second-order valence-electron chi connectivity index (χ2n) is 10.0. The standard InChI is InChI=1S/C27H29FN4O4/c28-17-6-9-22-21(14-17)31-26(36-22)32-23(16-4-2-1-3-5-16)24(33)29-18-7-8-19-20(15-18)30-25(34)27(19)10-12-35-13-11-27/h6-9,14-16,23H,1-5,10-13H2,(H,29,33)(H,30,34)(H,31,32). The van der Waals surface area contributed by atoms with Crippen LogP contribution in [0.15, 0.2) is 40.8 Å². The minimum Gasteiger partial charge on any atom is -0.424 e. The molecule has 3 N–H and O–H groups in total. The molecule has 36 heavy (non-hydrogen) atoms. The fourth-order valence-corrected chi connectivity index (χ4v) is 5.90. The van der Waals surface area contributed by atoms with Crippen molar-refractivity contribution in [3.05, 3.63) is 47.8 Å². The number of hydrogen-bond donors (Lipinski definition) is 3. The van der Waals surface area contributed by atoms with Crippen molar-refractivity contribution in [2.24, 2.45) is 5.92 Å². The molecule has 6 rings (SSSR count). The molecular formula is C27H29FN4O4. The van der Waals surface area contributed by atoms with Gasteiger partial charge in [0.25, 0.3) is 6.01 Å². The van der Waals surface area contributed by atoms with E-state index in [1.165, 1.54) is 18.2 Å². The van der Waals surface area contributed by atoms with E-state index >= 15 is 0 Å². The molecule has 2 amide bonds. The molecule has 3 aromatic rings. The number of carbonyl (C=O) groups is 2. The fourth-order valence-electron chi connectivity index (χ4n) is 5.90. The van der Waals surface area contributed by atoms with Crippen molar-refractivity contribution in [3.63, 3.8) is 0 Å². The number of nitrogens with one attached hydrogen (secondary N) is 3. The van der Waals surface area contributed by atoms with Crippen LogP contribution in [0.5, 0.6) is 0 Å². The van der Waals surface area contributed by atoms with Gasteiger partial charge in [0.2, 0.25) is 11.8 Å². The molecule has 1 saturated carbocycles. The first-order chi connectivity index (χ1) is 17.5. The van der Waals surface area contributed by atoms with Gasteiger partial charge >= 0.3 is 0 Å². The highest BCUT2D eigenvalue weighted by molar-refractivity contribution is 6.07. The number of aromatic nitrogens is 1. The summed E-state index contributed by atoms with van der Waals surface area (Å²) >= 11 is 0. The Labute approximate surface area is 208 Å². The number of fused-ring (bicyclic) bond motifs is 3. The average Bonchev–Trinajstić information content (AvgIpc) is 3.40. The summed E-state index contributed by atoms with van der Waals surface area (Å²) in [6.07, 6.45) is 6.43. The van der Waals surface area contributed by atoms with E-state index in [9.17, 15) is 14.0 Å². The van der Waals surface area contributed by atoms with Gasteiger partial charge in [0.05, 0.1) is 5.41 Å². The molecule has 1 aliphatic carbocycles. The topological polar surface area (TPSA) is 105 Å². The van der Waals surface area contributed by atoms with Crippen LogP contribution in [-0.2, 0) is 19.7 Å². The maximum atomic E-state index is 13.6. The molecule has 2 aromatic carbocycles. The Morgan fingerprint density at radius 2 is 1.92 bits per heavy atom. The number of hydrogen-bond acceptors (Lipinski definition) is 6. The van der Waals surface area contributed by atoms with Gasteiger partial charge in [-0.2, -0.15) is 4.98 Å². The summed E-state index contributed by atoms with van der Waals surface area (Å²) in [5.74, 6) is -0.473. The van der Waals surface area contributed by atoms with Crippen LogP contribution >= 0.6 is 0 Å². The molecule has 1 aromatic heterocycles. The van der Waals surface area contributed by atoms with Crippen LogP contribution in [0.4, 0.5) is 21.8 Å². The predicted molar refractivity (Wildman–Crippen MR) is 133 cm³/mol. The Kier molecular flexibility index (Phi) is 5.87. The highest BCUT2D eigenvalue weighted by Crippen LogP contribution is 2.45. The molecule has 3 heterocycles. The van der Waals surface area contributed by atoms with Crippen molar-refractivity contribution in [1.29, 1.82) is 0 Å². The number of carbonyl (C=O) groups excluding carboxylic acids is 2. The van der Waals surface area contributed by atoms with Crippen LogP contribution in [0.2, 0.25) is 0 Å². The second kappa shape index (κ2) is 9.20. The van der Waals surface area contributed by atoms with Gasteiger partial charge in [-0.05, 0) is 61.4 Å². The van der Waals surface area contributed by atoms with E-state index in [1.54, 1.807) is 0 Å². The van der Waals surface area contributed by atoms with Gasteiger partial charge in [-0.1, -0.05) is 25.3 Å². The Morgan fingerprint density at radius 1 is 1.11 bits per heavy atom. The van der Waals surface area contributed by atoms with Crippen LogP contribution in [0, 0.1) is 11.7 Å². The second-order valence-corrected chi connectivity index (χ2v) is 10.0. The summed E-state index contributed by atoms with van der Waals surface area (Å²) in [4.78, 5) is 30.7. The van der Waals surface area contributed by atoms with Gasteiger partial charge in [0, 0.05) is 30.7 Å². The van der Waals surface area contributed by atoms with E-state index < -0.39 is 17.3 Å². The number of anilines is 3. The normalized spacial score (nSPS) is 20.2. The summed E-state index contributed by atoms with van der Waals surface area (Å²) < 4.78 is 24.8. The van der Waals surface area contributed by atoms with Crippen LogP contribution in [-0.4, -0.2) is 36.1 Å². The number of amides is 2. The van der Waals surface area contributed by atoms with Crippen molar-refractivity contribution in [2.45, 2.75) is 56.4 Å². The third kappa shape index (κ3) is 4.11. The van der Waals surface area contributed by atoms with E-state index in [0.717, 1.165) is 43.4 Å². The molecule has 1 atom stereocenters. The van der Waals surface area contributed by atoms with E-state index in [-0.39, 0.29) is 23.7 Å². The van der Waals surface area contributed by atoms with Crippen molar-refractivity contribution in [1.82, 2.24) is 4.98 Å². The number of ether oxygens (including phenoxy) is 1. The molecule has 2 fully saturated rings. The van der Waals surface area contributed by atoms with E-state index in [1.807, 2.05) is 18.2 Å². The van der Waals surface area contributed by atoms with Crippen LogP contribution in [0.3, 0.4) is 0 Å². The lowest BCUT2D eigenvalue weighted by molar-refractivity contribution is -0.124. The molecule has 1 saturated heterocycles. The smallest absolute Gasteiger partial charge is 0.296 e. The number of benzene rings is 2. The van der Waals surface area contributed by atoms with Gasteiger partial charge in [-0.15, -0.1) is 0 Å². The summed E-state index contributed by atoms with van der Waals surface area (Å²) in [6.45, 7) is 1.12. The molecule has 0 bridgehead atoms. The third-order valence-corrected chi connectivity index (χ3v) is 7.86. The summed E-state index contributed by atoms with van der Waals surface area (Å²) in [5, 5.41) is 9.23. The third-order valence-electron chi connectivity index (χ3n) is 7.86. The molecule has 8 nitrogen and oxygen atoms in total. The quantitative estimate of drug-likeness (QED) is 0.465. The lowest BCUT2D eigenvalue weighted by atomic mass is 9.75. The van der Waals surface area contributed by atoms with Crippen molar-refractivity contribution in [2.75, 3.05) is 29.2 Å². The monoisotopic (exact) mass is 492 g/mol. The van der Waals surface area contributed by atoms with E-state index in [4.69, 9.17) is 9.15 Å². The first-order valence-electron chi connectivity index (χ1n) is 12.7. The zero-order valence-corrected chi connectivity index (χ0v) is 19.9. The molecule has 0 radical (unpaired) electrons. The zero-order chi connectivity index (χ0) is 24.7. The van der Waals surface area contributed by atoms with Crippen molar-refractivity contribution < 1.29 is 23.1 Å². The highest BCUT2D eigenvalue weighted by Gasteiger charge is 2.47. The summed E-state index contributed by atoms with van der Waals surface area (Å²) in [7, 11) is 0. The number of nitrogens with zero attached hydrogens (tertiary/aromatic N) is 1. The first kappa shape index (κ1) is 23.0. The number of halogens is 1. The minimum atomic E-state index is -0.562. The van der Waals surface area contributed by atoms with Gasteiger partial charge in [-0.3, -0.25) is 9.59 Å². The summed E-state index contributed by atoms with van der Waals surface area (Å²) in [5.41, 5.74) is 2.63. The van der Waals surface area contributed by atoms with Crippen molar-refractivity contribution >= 4 is 40.3 Å². The molecule has 3 aliphatic rings. The fraction of sp³-hybridized carbons (Fsp3) is 0.444. The Hall–Kier alpha value is -3.46. The Morgan fingerprint density at radius 3 is 2.72 bits per heavy atom. The molecule has 188 valence electrons.